The monoisotopic (exact) mass is 901 g/mol. The summed E-state index contributed by atoms with van der Waals surface area (Å²) < 4.78 is 0. The maximum Gasteiger partial charge on any atom is 0.197 e. The second-order valence-corrected chi connectivity index (χ2v) is 14.7. The van der Waals surface area contributed by atoms with Crippen molar-refractivity contribution in [2.24, 2.45) is 0 Å². The van der Waals surface area contributed by atoms with Gasteiger partial charge in [0, 0.05) is 31.1 Å². The smallest absolute Gasteiger partial charge is 0.197 e. The van der Waals surface area contributed by atoms with Crippen LogP contribution < -0.4 is 0 Å². The number of hydrogen-bond donors (Lipinski definition) is 1. The number of pyridine rings is 1. The third-order valence-electron chi connectivity index (χ3n) is 11.0. The van der Waals surface area contributed by atoms with Crippen molar-refractivity contribution in [3.8, 4) is 55.8 Å². The third-order valence-corrected chi connectivity index (χ3v) is 11.0. The maximum atomic E-state index is 12.4. The Hall–Kier alpha value is -6.19. The molecule has 1 N–H and O–H groups in total. The Morgan fingerprint density at radius 1 is 0.554 bits per heavy atom. The van der Waals surface area contributed by atoms with E-state index >= 15 is 0 Å². The van der Waals surface area contributed by atoms with Gasteiger partial charge in [0.25, 0.3) is 0 Å². The van der Waals surface area contributed by atoms with Crippen LogP contribution in [0.15, 0.2) is 176 Å². The van der Waals surface area contributed by atoms with Gasteiger partial charge in [-0.05, 0) is 74.7 Å². The van der Waals surface area contributed by atoms with Gasteiger partial charge in [0.2, 0.25) is 0 Å². The molecule has 0 fully saturated rings. The van der Waals surface area contributed by atoms with E-state index in [9.17, 15) is 9.90 Å². The molecule has 273 valence electrons. The molecule has 1 aromatic heterocycles. The fourth-order valence-corrected chi connectivity index (χ4v) is 8.29. The molecule has 3 nitrogen and oxygen atoms in total. The number of aromatic nitrogens is 1. The van der Waals surface area contributed by atoms with E-state index in [1.54, 1.807) is 13.0 Å². The summed E-state index contributed by atoms with van der Waals surface area (Å²) in [7, 11) is 0. The van der Waals surface area contributed by atoms with Crippen molar-refractivity contribution in [3.63, 3.8) is 0 Å². The maximum absolute atomic E-state index is 12.4. The number of rotatable bonds is 3. The van der Waals surface area contributed by atoms with Crippen LogP contribution in [0.3, 0.4) is 0 Å². The Kier molecular flexibility index (Phi) is 9.72. The first-order valence-electron chi connectivity index (χ1n) is 18.6. The van der Waals surface area contributed by atoms with E-state index < -0.39 is 0 Å². The number of carbonyl (C=O) groups excluding carboxylic acids is 1. The molecular formula is C52H38IrNO2-. The molecule has 7 aromatic carbocycles. The van der Waals surface area contributed by atoms with Crippen LogP contribution in [0.25, 0.3) is 72.2 Å². The Balaban J connectivity index is 0.000000195. The summed E-state index contributed by atoms with van der Waals surface area (Å²) in [6.45, 7) is 6.18. The van der Waals surface area contributed by atoms with Gasteiger partial charge in [-0.2, -0.15) is 0 Å². The van der Waals surface area contributed by atoms with Gasteiger partial charge in [-0.3, -0.25) is 9.78 Å². The van der Waals surface area contributed by atoms with E-state index in [2.05, 4.69) is 141 Å². The molecule has 0 saturated heterocycles. The van der Waals surface area contributed by atoms with Gasteiger partial charge in [0.15, 0.2) is 5.78 Å². The number of aliphatic hydroxyl groups excluding tert-OH is 1. The molecule has 0 saturated carbocycles. The van der Waals surface area contributed by atoms with Crippen LogP contribution in [0.2, 0.25) is 0 Å². The minimum Gasteiger partial charge on any atom is -0.512 e. The van der Waals surface area contributed by atoms with E-state index in [4.69, 9.17) is 4.98 Å². The summed E-state index contributed by atoms with van der Waals surface area (Å²) in [6, 6.07) is 62.0. The molecule has 1 heterocycles. The molecule has 56 heavy (non-hydrogen) atoms. The van der Waals surface area contributed by atoms with E-state index in [-0.39, 0.29) is 37.1 Å². The quantitative estimate of drug-likeness (QED) is 0.109. The number of ketones is 1. The van der Waals surface area contributed by atoms with Crippen molar-refractivity contribution in [2.75, 3.05) is 0 Å². The summed E-state index contributed by atoms with van der Waals surface area (Å²) in [6.07, 6.45) is 0. The molecule has 0 amide bonds. The third kappa shape index (κ3) is 6.31. The van der Waals surface area contributed by atoms with Gasteiger partial charge in [-0.25, -0.2) is 0 Å². The van der Waals surface area contributed by atoms with Crippen molar-refractivity contribution in [1.29, 1.82) is 0 Å². The first-order chi connectivity index (χ1) is 26.8. The first-order valence-corrected chi connectivity index (χ1v) is 18.6. The Bertz CT molecular complexity index is 2820. The van der Waals surface area contributed by atoms with Gasteiger partial charge in [-0.1, -0.05) is 171 Å². The number of aliphatic hydroxyl groups is 1. The van der Waals surface area contributed by atoms with Crippen molar-refractivity contribution in [2.45, 2.75) is 26.2 Å². The van der Waals surface area contributed by atoms with Gasteiger partial charge < -0.3 is 5.11 Å². The van der Waals surface area contributed by atoms with Crippen molar-refractivity contribution < 1.29 is 30.0 Å². The first kappa shape index (κ1) is 36.8. The molecule has 8 aromatic rings. The van der Waals surface area contributed by atoms with Crippen LogP contribution in [0, 0.1) is 6.07 Å². The molecular weight excluding hydrogens is 863 g/mol. The Morgan fingerprint density at radius 2 is 1.12 bits per heavy atom. The average Bonchev–Trinajstić information content (AvgIpc) is 3.46. The fourth-order valence-electron chi connectivity index (χ4n) is 8.29. The SMILES string of the molecule is C/C(O)=C1/C(=O)c2ccccc2-c2ccccc21.CC1(C)c2ccccc2-c2c[c-]c(-c3cc(-c4ccccc4)c4cc(-c5ccccc5)ccc4n3)cc21.[Ir]. The predicted molar refractivity (Wildman–Crippen MR) is 226 cm³/mol. The van der Waals surface area contributed by atoms with Crippen LogP contribution in [-0.4, -0.2) is 15.9 Å². The summed E-state index contributed by atoms with van der Waals surface area (Å²) in [5.74, 6) is -0.0359. The van der Waals surface area contributed by atoms with E-state index in [0.29, 0.717) is 11.1 Å². The zero-order chi connectivity index (χ0) is 37.7. The number of fused-ring (bicyclic) bond motifs is 7. The Morgan fingerprint density at radius 3 is 1.80 bits per heavy atom. The van der Waals surface area contributed by atoms with Gasteiger partial charge in [0.05, 0.1) is 11.1 Å². The Labute approximate surface area is 341 Å². The number of Topliss-reactive ketones (excluding diaryl/α,β-unsaturated/α-hetero) is 1. The topological polar surface area (TPSA) is 50.2 Å². The summed E-state index contributed by atoms with van der Waals surface area (Å²) in [4.78, 5) is 17.6. The van der Waals surface area contributed by atoms with Gasteiger partial charge >= 0.3 is 0 Å². The predicted octanol–water partition coefficient (Wildman–Crippen LogP) is 13.2. The number of benzene rings is 7. The van der Waals surface area contributed by atoms with Crippen LogP contribution in [0.5, 0.6) is 0 Å². The fraction of sp³-hybridized carbons (Fsp3) is 0.0769. The van der Waals surface area contributed by atoms with Crippen LogP contribution in [0.1, 0.15) is 47.8 Å². The largest absolute Gasteiger partial charge is 0.512 e. The molecule has 0 unspecified atom stereocenters. The average molecular weight is 901 g/mol. The summed E-state index contributed by atoms with van der Waals surface area (Å²) >= 11 is 0. The molecule has 10 rings (SSSR count). The summed E-state index contributed by atoms with van der Waals surface area (Å²) in [5.41, 5.74) is 16.8. The van der Waals surface area contributed by atoms with E-state index in [1.807, 2.05) is 42.5 Å². The second kappa shape index (κ2) is 14.8. The summed E-state index contributed by atoms with van der Waals surface area (Å²) in [5, 5.41) is 10.9. The van der Waals surface area contributed by atoms with Crippen molar-refractivity contribution in [3.05, 3.63) is 204 Å². The van der Waals surface area contributed by atoms with Crippen LogP contribution in [-0.2, 0) is 25.5 Å². The molecule has 2 aliphatic rings. The number of carbonyl (C=O) groups is 1. The molecule has 0 atom stereocenters. The van der Waals surface area contributed by atoms with E-state index in [0.717, 1.165) is 38.9 Å². The normalized spacial score (nSPS) is 13.9. The van der Waals surface area contributed by atoms with Gasteiger partial charge in [-0.15, -0.1) is 29.3 Å². The zero-order valence-electron chi connectivity index (χ0n) is 31.3. The standard InChI is InChI=1S/C36H26N.C16H12O2.Ir/c1-36(2)32-16-10-9-15-28(32)29-19-17-27(22-33(29)36)35-23-30(25-13-7-4-8-14-25)31-21-26(18-20-34(31)37-35)24-11-5-3-6-12-24;1-10(17)15-13-8-4-2-6-11(13)12-7-3-5-9-14(12)16(15)18;/h3-16,18-23H,1-2H3;2-9,17H,1H3;/q-1;;/b;15-10-;. The van der Waals surface area contributed by atoms with Crippen molar-refractivity contribution >= 4 is 22.3 Å². The molecule has 0 bridgehead atoms. The number of allylic oxidation sites excluding steroid dienone is 2. The minimum absolute atomic E-state index is 0. The molecule has 4 heteroatoms. The second-order valence-electron chi connectivity index (χ2n) is 14.7. The zero-order valence-corrected chi connectivity index (χ0v) is 33.7. The molecule has 0 aliphatic heterocycles. The van der Waals surface area contributed by atoms with Gasteiger partial charge in [0.1, 0.15) is 5.76 Å². The molecule has 0 spiro atoms. The molecule has 2 aliphatic carbocycles. The minimum atomic E-state index is -0.107. The van der Waals surface area contributed by atoms with Crippen LogP contribution >= 0.6 is 0 Å². The van der Waals surface area contributed by atoms with Crippen molar-refractivity contribution in [1.82, 2.24) is 4.98 Å². The number of nitrogens with zero attached hydrogens (tertiary/aromatic N) is 1. The molecule has 1 radical (unpaired) electrons. The van der Waals surface area contributed by atoms with Crippen LogP contribution in [0.4, 0.5) is 0 Å². The number of hydrogen-bond acceptors (Lipinski definition) is 3. The van der Waals surface area contributed by atoms with E-state index in [1.165, 1.54) is 44.5 Å².